The molecule has 8 heteroatoms. The van der Waals surface area contributed by atoms with Crippen molar-refractivity contribution in [2.45, 2.75) is 32.3 Å². The Balaban J connectivity index is 1.66. The third kappa shape index (κ3) is 5.47. The molecule has 130 valence electrons. The van der Waals surface area contributed by atoms with Crippen LogP contribution < -0.4 is 10.6 Å². The number of imide groups is 1. The van der Waals surface area contributed by atoms with Gasteiger partial charge < -0.3 is 15.0 Å². The monoisotopic (exact) mass is 326 g/mol. The van der Waals surface area contributed by atoms with Crippen LogP contribution in [0.2, 0.25) is 0 Å². The van der Waals surface area contributed by atoms with Crippen LogP contribution in [-0.2, 0) is 14.3 Å². The van der Waals surface area contributed by atoms with Crippen LogP contribution in [0.1, 0.15) is 26.2 Å². The lowest BCUT2D eigenvalue weighted by Gasteiger charge is -2.35. The lowest BCUT2D eigenvalue weighted by atomic mass is 10.2. The number of urea groups is 1. The molecular formula is C15H26N4O4. The number of nitrogens with zero attached hydrogens (tertiary/aromatic N) is 2. The summed E-state index contributed by atoms with van der Waals surface area (Å²) in [6.07, 6.45) is 2.28. The van der Waals surface area contributed by atoms with Crippen LogP contribution in [0.25, 0.3) is 0 Å². The second-order valence-corrected chi connectivity index (χ2v) is 5.91. The van der Waals surface area contributed by atoms with Crippen molar-refractivity contribution in [3.8, 4) is 0 Å². The van der Waals surface area contributed by atoms with Crippen LogP contribution in [0.15, 0.2) is 0 Å². The highest BCUT2D eigenvalue weighted by molar-refractivity contribution is 5.95. The fourth-order valence-electron chi connectivity index (χ4n) is 2.75. The zero-order valence-corrected chi connectivity index (χ0v) is 13.7. The average Bonchev–Trinajstić information content (AvgIpc) is 3.07. The van der Waals surface area contributed by atoms with Crippen molar-refractivity contribution in [3.05, 3.63) is 0 Å². The number of piperazine rings is 1. The van der Waals surface area contributed by atoms with Crippen LogP contribution in [0, 0.1) is 0 Å². The van der Waals surface area contributed by atoms with Gasteiger partial charge in [0.2, 0.25) is 5.91 Å². The van der Waals surface area contributed by atoms with Crippen LogP contribution >= 0.6 is 0 Å². The molecule has 2 N–H and O–H groups in total. The summed E-state index contributed by atoms with van der Waals surface area (Å²) < 4.78 is 5.42. The lowest BCUT2D eigenvalue weighted by Crippen LogP contribution is -2.53. The summed E-state index contributed by atoms with van der Waals surface area (Å²) in [5.74, 6) is -0.261. The fourth-order valence-corrected chi connectivity index (χ4v) is 2.75. The van der Waals surface area contributed by atoms with Gasteiger partial charge in [0, 0.05) is 39.3 Å². The number of hydrogen-bond acceptors (Lipinski definition) is 5. The highest BCUT2D eigenvalue weighted by Gasteiger charge is 2.30. The molecule has 2 fully saturated rings. The van der Waals surface area contributed by atoms with Crippen LogP contribution in [0.3, 0.4) is 0 Å². The molecule has 0 aliphatic carbocycles. The Hall–Kier alpha value is -1.67. The Kier molecular flexibility index (Phi) is 6.79. The Bertz CT molecular complexity index is 429. The molecule has 4 amide bonds. The zero-order chi connectivity index (χ0) is 16.7. The van der Waals surface area contributed by atoms with Crippen molar-refractivity contribution >= 4 is 17.8 Å². The van der Waals surface area contributed by atoms with Crippen molar-refractivity contribution in [3.63, 3.8) is 0 Å². The Morgan fingerprint density at radius 3 is 2.52 bits per heavy atom. The van der Waals surface area contributed by atoms with E-state index < -0.39 is 6.03 Å². The molecule has 0 aromatic carbocycles. The molecule has 23 heavy (non-hydrogen) atoms. The van der Waals surface area contributed by atoms with E-state index in [0.29, 0.717) is 39.3 Å². The summed E-state index contributed by atoms with van der Waals surface area (Å²) in [4.78, 5) is 39.2. The zero-order valence-electron chi connectivity index (χ0n) is 13.7. The first kappa shape index (κ1) is 17.7. The first-order chi connectivity index (χ1) is 11.1. The van der Waals surface area contributed by atoms with Gasteiger partial charge in [-0.25, -0.2) is 4.79 Å². The van der Waals surface area contributed by atoms with E-state index in [9.17, 15) is 14.4 Å². The van der Waals surface area contributed by atoms with E-state index in [1.807, 2.05) is 11.8 Å². The van der Waals surface area contributed by atoms with Crippen LogP contribution in [0.4, 0.5) is 4.79 Å². The normalized spacial score (nSPS) is 22.0. The van der Waals surface area contributed by atoms with Crippen molar-refractivity contribution in [1.82, 2.24) is 20.4 Å². The van der Waals surface area contributed by atoms with E-state index in [2.05, 4.69) is 10.6 Å². The largest absolute Gasteiger partial charge is 0.368 e. The fraction of sp³-hybridized carbons (Fsp3) is 0.800. The van der Waals surface area contributed by atoms with Gasteiger partial charge in [0.05, 0.1) is 6.54 Å². The summed E-state index contributed by atoms with van der Waals surface area (Å²) in [6.45, 7) is 5.76. The van der Waals surface area contributed by atoms with Gasteiger partial charge in [-0.3, -0.25) is 19.8 Å². The van der Waals surface area contributed by atoms with Gasteiger partial charge in [-0.15, -0.1) is 0 Å². The molecule has 2 aliphatic heterocycles. The quantitative estimate of drug-likeness (QED) is 0.714. The third-order valence-corrected chi connectivity index (χ3v) is 4.04. The Morgan fingerprint density at radius 2 is 1.91 bits per heavy atom. The Morgan fingerprint density at radius 1 is 1.17 bits per heavy atom. The standard InChI is InChI=1S/C15H26N4O4/c1-2-5-16-15(22)17-13(20)11-18-6-8-19(9-7-18)14(21)12-4-3-10-23-12/h12H,2-11H2,1H3,(H2,16,17,20,22). The molecule has 2 saturated heterocycles. The topological polar surface area (TPSA) is 91.0 Å². The van der Waals surface area contributed by atoms with Gasteiger partial charge in [0.25, 0.3) is 5.91 Å². The SMILES string of the molecule is CCCNC(=O)NC(=O)CN1CCN(C(=O)C2CCCO2)CC1. The summed E-state index contributed by atoms with van der Waals surface area (Å²) in [7, 11) is 0. The minimum Gasteiger partial charge on any atom is -0.368 e. The van der Waals surface area contributed by atoms with E-state index in [1.165, 1.54) is 0 Å². The molecule has 0 bridgehead atoms. The molecule has 0 aromatic heterocycles. The van der Waals surface area contributed by atoms with E-state index in [0.717, 1.165) is 19.3 Å². The lowest BCUT2D eigenvalue weighted by molar-refractivity contribution is -0.142. The summed E-state index contributed by atoms with van der Waals surface area (Å²) in [5.41, 5.74) is 0. The van der Waals surface area contributed by atoms with Gasteiger partial charge in [-0.2, -0.15) is 0 Å². The first-order valence-corrected chi connectivity index (χ1v) is 8.30. The molecule has 8 nitrogen and oxygen atoms in total. The number of carbonyl (C=O) groups is 3. The maximum absolute atomic E-state index is 12.2. The number of hydrogen-bond donors (Lipinski definition) is 2. The Labute approximate surface area is 136 Å². The van der Waals surface area contributed by atoms with Gasteiger partial charge in [-0.1, -0.05) is 6.92 Å². The molecule has 1 unspecified atom stereocenters. The number of amides is 4. The van der Waals surface area contributed by atoms with Crippen molar-refractivity contribution in [2.75, 3.05) is 45.9 Å². The minimum atomic E-state index is -0.455. The molecule has 2 heterocycles. The van der Waals surface area contributed by atoms with E-state index in [1.54, 1.807) is 4.90 Å². The molecule has 0 radical (unpaired) electrons. The van der Waals surface area contributed by atoms with Crippen LogP contribution in [0.5, 0.6) is 0 Å². The number of rotatable bonds is 5. The van der Waals surface area contributed by atoms with Gasteiger partial charge in [0.15, 0.2) is 0 Å². The van der Waals surface area contributed by atoms with Crippen molar-refractivity contribution in [1.29, 1.82) is 0 Å². The first-order valence-electron chi connectivity index (χ1n) is 8.30. The molecule has 0 saturated carbocycles. The number of carbonyl (C=O) groups excluding carboxylic acids is 3. The summed E-state index contributed by atoms with van der Waals surface area (Å²) in [6, 6.07) is -0.455. The molecule has 0 aromatic rings. The molecule has 0 spiro atoms. The third-order valence-electron chi connectivity index (χ3n) is 4.04. The predicted octanol–water partition coefficient (Wildman–Crippen LogP) is -0.455. The molecular weight excluding hydrogens is 300 g/mol. The van der Waals surface area contributed by atoms with Gasteiger partial charge in [-0.05, 0) is 19.3 Å². The molecule has 2 aliphatic rings. The van der Waals surface area contributed by atoms with E-state index >= 15 is 0 Å². The number of ether oxygens (including phenoxy) is 1. The van der Waals surface area contributed by atoms with E-state index in [4.69, 9.17) is 4.74 Å². The summed E-state index contributed by atoms with van der Waals surface area (Å²) >= 11 is 0. The summed E-state index contributed by atoms with van der Waals surface area (Å²) in [5, 5.41) is 4.91. The average molecular weight is 326 g/mol. The molecule has 2 rings (SSSR count). The number of nitrogens with one attached hydrogen (secondary N) is 2. The van der Waals surface area contributed by atoms with Gasteiger partial charge in [0.1, 0.15) is 6.10 Å². The smallest absolute Gasteiger partial charge is 0.321 e. The van der Waals surface area contributed by atoms with Crippen molar-refractivity contribution in [2.24, 2.45) is 0 Å². The van der Waals surface area contributed by atoms with Gasteiger partial charge >= 0.3 is 6.03 Å². The maximum Gasteiger partial charge on any atom is 0.321 e. The second kappa shape index (κ2) is 8.83. The van der Waals surface area contributed by atoms with Crippen LogP contribution in [-0.4, -0.2) is 79.6 Å². The second-order valence-electron chi connectivity index (χ2n) is 5.91. The highest BCUT2D eigenvalue weighted by Crippen LogP contribution is 2.15. The van der Waals surface area contributed by atoms with Crippen molar-refractivity contribution < 1.29 is 19.1 Å². The minimum absolute atomic E-state index is 0.0607. The molecule has 1 atom stereocenters. The van der Waals surface area contributed by atoms with E-state index in [-0.39, 0.29) is 24.5 Å². The predicted molar refractivity (Wildman–Crippen MR) is 83.8 cm³/mol. The maximum atomic E-state index is 12.2. The highest BCUT2D eigenvalue weighted by atomic mass is 16.5.